The highest BCUT2D eigenvalue weighted by molar-refractivity contribution is 5.32. The average Bonchev–Trinajstić information content (AvgIpc) is 2.96. The molecule has 3 heteroatoms. The summed E-state index contributed by atoms with van der Waals surface area (Å²) in [5, 5.41) is 8.28. The van der Waals surface area contributed by atoms with Crippen molar-refractivity contribution in [3.05, 3.63) is 77.9 Å². The average molecular weight is 263 g/mol. The maximum absolute atomic E-state index is 4.24. The van der Waals surface area contributed by atoms with Gasteiger partial charge in [0.25, 0.3) is 0 Å². The van der Waals surface area contributed by atoms with E-state index in [9.17, 15) is 0 Å². The minimum Gasteiger partial charge on any atom is -0.286 e. The number of benzene rings is 2. The Bertz CT molecular complexity index is 669. The lowest BCUT2D eigenvalue weighted by Crippen LogP contribution is -2.02. The summed E-state index contributed by atoms with van der Waals surface area (Å²) >= 11 is 0. The molecule has 0 aliphatic carbocycles. The van der Waals surface area contributed by atoms with Crippen LogP contribution < -0.4 is 0 Å². The van der Waals surface area contributed by atoms with Crippen molar-refractivity contribution in [3.63, 3.8) is 0 Å². The predicted octanol–water partition coefficient (Wildman–Crippen LogP) is 3.36. The van der Waals surface area contributed by atoms with Crippen LogP contribution in [0.5, 0.6) is 0 Å². The highest BCUT2D eigenvalue weighted by Gasteiger charge is 2.06. The monoisotopic (exact) mass is 263 g/mol. The smallest absolute Gasteiger partial charge is 0.137 e. The van der Waals surface area contributed by atoms with Gasteiger partial charge in [0.1, 0.15) is 12.2 Å². The number of aryl methyl sites for hydroxylation is 3. The minimum atomic E-state index is 0.887. The maximum atomic E-state index is 4.24. The summed E-state index contributed by atoms with van der Waals surface area (Å²) in [5.41, 5.74) is 3.73. The third-order valence-corrected chi connectivity index (χ3v) is 3.41. The van der Waals surface area contributed by atoms with Crippen LogP contribution in [0.2, 0.25) is 0 Å². The number of para-hydroxylation sites is 1. The molecule has 0 atom stereocenters. The molecule has 0 saturated heterocycles. The predicted molar refractivity (Wildman–Crippen MR) is 79.9 cm³/mol. The second-order valence-electron chi connectivity index (χ2n) is 4.94. The van der Waals surface area contributed by atoms with Crippen molar-refractivity contribution in [1.29, 1.82) is 0 Å². The van der Waals surface area contributed by atoms with Crippen LogP contribution in [-0.2, 0) is 12.8 Å². The largest absolute Gasteiger partial charge is 0.286 e. The second kappa shape index (κ2) is 5.70. The van der Waals surface area contributed by atoms with E-state index in [0.29, 0.717) is 0 Å². The second-order valence-corrected chi connectivity index (χ2v) is 4.94. The van der Waals surface area contributed by atoms with Crippen molar-refractivity contribution in [1.82, 2.24) is 14.8 Å². The van der Waals surface area contributed by atoms with E-state index in [-0.39, 0.29) is 0 Å². The van der Waals surface area contributed by atoms with Crippen LogP contribution in [0.25, 0.3) is 5.69 Å². The molecule has 0 saturated carbocycles. The van der Waals surface area contributed by atoms with E-state index in [1.807, 2.05) is 22.8 Å². The molecule has 0 bridgehead atoms. The van der Waals surface area contributed by atoms with Crippen molar-refractivity contribution in [2.45, 2.75) is 19.8 Å². The molecule has 1 aromatic heterocycles. The van der Waals surface area contributed by atoms with E-state index >= 15 is 0 Å². The molecule has 3 nitrogen and oxygen atoms in total. The zero-order valence-electron chi connectivity index (χ0n) is 11.5. The highest BCUT2D eigenvalue weighted by Crippen LogP contribution is 2.12. The number of nitrogens with zero attached hydrogens (tertiary/aromatic N) is 3. The van der Waals surface area contributed by atoms with Gasteiger partial charge >= 0.3 is 0 Å². The quantitative estimate of drug-likeness (QED) is 0.722. The minimum absolute atomic E-state index is 0.887. The molecule has 1 heterocycles. The Morgan fingerprint density at radius 1 is 0.900 bits per heavy atom. The van der Waals surface area contributed by atoms with Crippen molar-refractivity contribution < 1.29 is 0 Å². The van der Waals surface area contributed by atoms with Crippen LogP contribution in [0, 0.1) is 6.92 Å². The molecule has 0 N–H and O–H groups in total. The fourth-order valence-electron chi connectivity index (χ4n) is 2.24. The van der Waals surface area contributed by atoms with Crippen LogP contribution in [0.1, 0.15) is 17.0 Å². The van der Waals surface area contributed by atoms with Gasteiger partial charge < -0.3 is 0 Å². The first-order valence-electron chi connectivity index (χ1n) is 6.83. The molecule has 2 aromatic carbocycles. The molecular formula is C17H17N3. The molecule has 0 spiro atoms. The first-order chi connectivity index (χ1) is 9.83. The van der Waals surface area contributed by atoms with Gasteiger partial charge in [0.15, 0.2) is 0 Å². The van der Waals surface area contributed by atoms with E-state index in [1.54, 1.807) is 6.33 Å². The van der Waals surface area contributed by atoms with Crippen molar-refractivity contribution in [2.75, 3.05) is 0 Å². The zero-order chi connectivity index (χ0) is 13.8. The summed E-state index contributed by atoms with van der Waals surface area (Å²) in [5.74, 6) is 0.997. The molecule has 100 valence electrons. The van der Waals surface area contributed by atoms with Crippen molar-refractivity contribution in [2.24, 2.45) is 0 Å². The SMILES string of the molecule is Cc1ccc(CCc2nncn2-c2ccccc2)cc1. The number of rotatable bonds is 4. The van der Waals surface area contributed by atoms with Gasteiger partial charge in [-0.05, 0) is 31.0 Å². The van der Waals surface area contributed by atoms with Crippen molar-refractivity contribution in [3.8, 4) is 5.69 Å². The molecule has 3 rings (SSSR count). The Morgan fingerprint density at radius 3 is 2.40 bits per heavy atom. The first-order valence-corrected chi connectivity index (χ1v) is 6.83. The van der Waals surface area contributed by atoms with E-state index in [1.165, 1.54) is 11.1 Å². The Labute approximate surface area is 118 Å². The molecular weight excluding hydrogens is 246 g/mol. The summed E-state index contributed by atoms with van der Waals surface area (Å²) in [6.07, 6.45) is 3.64. The maximum Gasteiger partial charge on any atom is 0.137 e. The number of aromatic nitrogens is 3. The topological polar surface area (TPSA) is 30.7 Å². The van der Waals surface area contributed by atoms with E-state index in [4.69, 9.17) is 0 Å². The lowest BCUT2D eigenvalue weighted by molar-refractivity contribution is 0.821. The molecule has 0 fully saturated rings. The Balaban J connectivity index is 1.76. The van der Waals surface area contributed by atoms with E-state index < -0.39 is 0 Å². The highest BCUT2D eigenvalue weighted by atomic mass is 15.3. The van der Waals surface area contributed by atoms with Crippen LogP contribution >= 0.6 is 0 Å². The summed E-state index contributed by atoms with van der Waals surface area (Å²) in [6.45, 7) is 2.11. The number of hydrogen-bond donors (Lipinski definition) is 0. The van der Waals surface area contributed by atoms with Gasteiger partial charge in [-0.3, -0.25) is 4.57 Å². The summed E-state index contributed by atoms with van der Waals surface area (Å²) in [6, 6.07) is 18.9. The Hall–Kier alpha value is -2.42. The van der Waals surface area contributed by atoms with Gasteiger partial charge in [0.2, 0.25) is 0 Å². The van der Waals surface area contributed by atoms with Crippen molar-refractivity contribution >= 4 is 0 Å². The third-order valence-electron chi connectivity index (χ3n) is 3.41. The fraction of sp³-hybridized carbons (Fsp3) is 0.176. The van der Waals surface area contributed by atoms with Gasteiger partial charge in [-0.1, -0.05) is 48.0 Å². The molecule has 0 unspecified atom stereocenters. The summed E-state index contributed by atoms with van der Waals surface area (Å²) in [4.78, 5) is 0. The zero-order valence-corrected chi connectivity index (χ0v) is 11.5. The van der Waals surface area contributed by atoms with Crippen LogP contribution in [-0.4, -0.2) is 14.8 Å². The third kappa shape index (κ3) is 2.77. The fourth-order valence-corrected chi connectivity index (χ4v) is 2.24. The van der Waals surface area contributed by atoms with E-state index in [0.717, 1.165) is 24.4 Å². The first kappa shape index (κ1) is 12.6. The standard InChI is InChI=1S/C17H17N3/c1-14-7-9-15(10-8-14)11-12-17-19-18-13-20(17)16-5-3-2-4-6-16/h2-10,13H,11-12H2,1H3. The Morgan fingerprint density at radius 2 is 1.65 bits per heavy atom. The molecule has 0 aliphatic heterocycles. The van der Waals surface area contributed by atoms with Gasteiger partial charge in [-0.25, -0.2) is 0 Å². The van der Waals surface area contributed by atoms with Crippen LogP contribution in [0.3, 0.4) is 0 Å². The van der Waals surface area contributed by atoms with Crippen LogP contribution in [0.15, 0.2) is 60.9 Å². The number of hydrogen-bond acceptors (Lipinski definition) is 2. The van der Waals surface area contributed by atoms with Gasteiger partial charge in [0, 0.05) is 12.1 Å². The molecule has 3 aromatic rings. The van der Waals surface area contributed by atoms with Gasteiger partial charge in [0.05, 0.1) is 0 Å². The summed E-state index contributed by atoms with van der Waals surface area (Å²) in [7, 11) is 0. The van der Waals surface area contributed by atoms with E-state index in [2.05, 4.69) is 53.5 Å². The lowest BCUT2D eigenvalue weighted by Gasteiger charge is -2.06. The molecule has 0 radical (unpaired) electrons. The summed E-state index contributed by atoms with van der Waals surface area (Å²) < 4.78 is 2.05. The molecule has 20 heavy (non-hydrogen) atoms. The van der Waals surface area contributed by atoms with Gasteiger partial charge in [-0.15, -0.1) is 10.2 Å². The molecule has 0 amide bonds. The Kier molecular flexibility index (Phi) is 3.59. The molecule has 0 aliphatic rings. The van der Waals surface area contributed by atoms with Gasteiger partial charge in [-0.2, -0.15) is 0 Å². The van der Waals surface area contributed by atoms with Crippen LogP contribution in [0.4, 0.5) is 0 Å². The normalized spacial score (nSPS) is 10.7. The lowest BCUT2D eigenvalue weighted by atomic mass is 10.1.